The molecule has 52 heavy (non-hydrogen) atoms. The number of hydrogen-bond acceptors (Lipinski definition) is 5. The van der Waals surface area contributed by atoms with Crippen LogP contribution in [0, 0.1) is 5.41 Å². The number of carbonyl (C=O) groups excluding carboxylic acids is 1. The number of carbonyl (C=O) groups is 1. The lowest BCUT2D eigenvalue weighted by molar-refractivity contribution is -0.140. The van der Waals surface area contributed by atoms with E-state index in [-0.39, 0.29) is 11.4 Å². The minimum atomic E-state index is -0.368. The van der Waals surface area contributed by atoms with Crippen molar-refractivity contribution < 1.29 is 9.53 Å². The number of fused-ring (bicyclic) bond motifs is 9. The minimum absolute atomic E-state index is 0.324. The summed E-state index contributed by atoms with van der Waals surface area (Å²) in [6.45, 7) is 4.05. The number of hydrogen-bond donors (Lipinski definition) is 0. The van der Waals surface area contributed by atoms with Gasteiger partial charge in [0, 0.05) is 43.4 Å². The Kier molecular flexibility index (Phi) is 9.12. The molecule has 0 bridgehead atoms. The van der Waals surface area contributed by atoms with Crippen molar-refractivity contribution in [1.29, 1.82) is 0 Å². The minimum Gasteiger partial charge on any atom is -0.462 e. The first kappa shape index (κ1) is 33.4. The Morgan fingerprint density at radius 1 is 0.519 bits per heavy atom. The fourth-order valence-electron chi connectivity index (χ4n) is 8.02. The van der Waals surface area contributed by atoms with Gasteiger partial charge in [0.15, 0.2) is 0 Å². The van der Waals surface area contributed by atoms with Gasteiger partial charge in [-0.15, -0.1) is 35.3 Å². The molecule has 5 heteroatoms. The summed E-state index contributed by atoms with van der Waals surface area (Å²) >= 11 is 5.76. The highest BCUT2D eigenvalue weighted by Crippen LogP contribution is 2.48. The number of ether oxygens (including phenoxy) is 1. The van der Waals surface area contributed by atoms with Crippen molar-refractivity contribution in [3.05, 3.63) is 173 Å². The molecule has 0 atom stereocenters. The molecule has 0 amide bonds. The van der Waals surface area contributed by atoms with Crippen molar-refractivity contribution in [2.45, 2.75) is 33.9 Å². The highest BCUT2D eigenvalue weighted by Gasteiger charge is 2.35. The molecule has 256 valence electrons. The first-order valence-corrected chi connectivity index (χ1v) is 20.8. The highest BCUT2D eigenvalue weighted by molar-refractivity contribution is 8.01. The third-order valence-electron chi connectivity index (χ3n) is 10.7. The van der Waals surface area contributed by atoms with Crippen LogP contribution < -0.4 is 0 Å². The van der Waals surface area contributed by atoms with E-state index < -0.39 is 0 Å². The monoisotopic (exact) mass is 730 g/mol. The molecule has 0 N–H and O–H groups in total. The van der Waals surface area contributed by atoms with Crippen molar-refractivity contribution in [3.8, 4) is 33.4 Å². The molecular weight excluding hydrogens is 693 g/mol. The van der Waals surface area contributed by atoms with Crippen LogP contribution in [0.15, 0.2) is 155 Å². The molecule has 0 aliphatic heterocycles. The van der Waals surface area contributed by atoms with Crippen molar-refractivity contribution >= 4 is 41.3 Å². The summed E-state index contributed by atoms with van der Waals surface area (Å²) in [5.74, 6) is 2.07. The lowest BCUT2D eigenvalue weighted by atomic mass is 9.97. The molecule has 0 fully saturated rings. The van der Waals surface area contributed by atoms with Crippen LogP contribution >= 0.6 is 35.3 Å². The Balaban J connectivity index is 1.06. The lowest BCUT2D eigenvalue weighted by Crippen LogP contribution is -2.36. The topological polar surface area (TPSA) is 26.3 Å². The zero-order valence-corrected chi connectivity index (χ0v) is 31.3. The summed E-state index contributed by atoms with van der Waals surface area (Å²) in [5.41, 5.74) is 16.1. The molecule has 3 aliphatic carbocycles. The van der Waals surface area contributed by atoms with Crippen LogP contribution in [-0.2, 0) is 28.8 Å². The summed E-state index contributed by atoms with van der Waals surface area (Å²) in [6.07, 6.45) is 4.14. The summed E-state index contributed by atoms with van der Waals surface area (Å²) in [5, 5.41) is 0. The predicted octanol–water partition coefficient (Wildman–Crippen LogP) is 11.8. The van der Waals surface area contributed by atoms with E-state index in [0.717, 1.165) is 36.5 Å². The average Bonchev–Trinajstić information content (AvgIpc) is 3.89. The fraction of sp³-hybridized carbons (Fsp3) is 0.170. The molecular formula is C47H38O2S3. The Morgan fingerprint density at radius 3 is 1.23 bits per heavy atom. The van der Waals surface area contributed by atoms with Crippen LogP contribution in [0.3, 0.4) is 0 Å². The zero-order valence-electron chi connectivity index (χ0n) is 28.9. The molecule has 0 radical (unpaired) electrons. The normalized spacial score (nSPS) is 13.1. The summed E-state index contributed by atoms with van der Waals surface area (Å²) < 4.78 is 6.05. The smallest absolute Gasteiger partial charge is 0.330 e. The Labute approximate surface area is 319 Å². The molecule has 9 rings (SSSR count). The maximum Gasteiger partial charge on any atom is 0.330 e. The first-order chi connectivity index (χ1) is 25.6. The van der Waals surface area contributed by atoms with E-state index in [9.17, 15) is 4.79 Å². The summed E-state index contributed by atoms with van der Waals surface area (Å²) in [6, 6.07) is 46.5. The summed E-state index contributed by atoms with van der Waals surface area (Å²) in [7, 11) is 0. The van der Waals surface area contributed by atoms with Crippen molar-refractivity contribution in [2.75, 3.05) is 23.9 Å². The van der Waals surface area contributed by atoms with Crippen LogP contribution in [0.25, 0.3) is 33.4 Å². The number of benzene rings is 6. The van der Waals surface area contributed by atoms with Gasteiger partial charge in [0.1, 0.15) is 0 Å². The third kappa shape index (κ3) is 6.23. The molecule has 0 spiro atoms. The third-order valence-corrected chi connectivity index (χ3v) is 15.1. The second-order valence-electron chi connectivity index (χ2n) is 14.0. The van der Waals surface area contributed by atoms with Gasteiger partial charge < -0.3 is 4.74 Å². The fourth-order valence-corrected chi connectivity index (χ4v) is 12.2. The van der Waals surface area contributed by atoms with Crippen LogP contribution in [0.5, 0.6) is 0 Å². The highest BCUT2D eigenvalue weighted by atomic mass is 32.2. The maximum atomic E-state index is 12.8. The maximum absolute atomic E-state index is 12.8. The molecule has 0 unspecified atom stereocenters. The van der Waals surface area contributed by atoms with Crippen molar-refractivity contribution in [3.63, 3.8) is 0 Å². The van der Waals surface area contributed by atoms with Gasteiger partial charge in [-0.25, -0.2) is 4.79 Å². The van der Waals surface area contributed by atoms with Gasteiger partial charge >= 0.3 is 5.97 Å². The molecule has 3 aliphatic rings. The SMILES string of the molecule is C=CC(=O)OCC(CSc1cccc2c1Cc1ccccc1-2)(CSc1cccc2c1Cc1ccccc1-2)CSc1cccc2c1Cc1ccccc1-2. The largest absolute Gasteiger partial charge is 0.462 e. The summed E-state index contributed by atoms with van der Waals surface area (Å²) in [4.78, 5) is 16.7. The molecule has 2 nitrogen and oxygen atoms in total. The first-order valence-electron chi connectivity index (χ1n) is 17.9. The molecule has 0 heterocycles. The number of esters is 1. The van der Waals surface area contributed by atoms with Crippen LogP contribution in [-0.4, -0.2) is 29.8 Å². The van der Waals surface area contributed by atoms with Crippen LogP contribution in [0.2, 0.25) is 0 Å². The lowest BCUT2D eigenvalue weighted by Gasteiger charge is -2.33. The Bertz CT molecular complexity index is 2120. The van der Waals surface area contributed by atoms with Crippen LogP contribution in [0.1, 0.15) is 33.4 Å². The van der Waals surface area contributed by atoms with Gasteiger partial charge in [-0.05, 0) is 104 Å². The van der Waals surface area contributed by atoms with E-state index in [1.165, 1.54) is 87.5 Å². The number of rotatable bonds is 12. The molecule has 0 saturated carbocycles. The van der Waals surface area contributed by atoms with Gasteiger partial charge in [0.25, 0.3) is 0 Å². The van der Waals surface area contributed by atoms with Crippen molar-refractivity contribution in [1.82, 2.24) is 0 Å². The molecule has 0 saturated heterocycles. The molecule has 0 aromatic heterocycles. The van der Waals surface area contributed by atoms with Gasteiger partial charge in [0.05, 0.1) is 6.61 Å². The van der Waals surface area contributed by atoms with Gasteiger partial charge in [-0.2, -0.15) is 0 Å². The van der Waals surface area contributed by atoms with E-state index in [1.807, 2.05) is 35.3 Å². The van der Waals surface area contributed by atoms with E-state index in [4.69, 9.17) is 4.74 Å². The Morgan fingerprint density at radius 2 is 0.865 bits per heavy atom. The van der Waals surface area contributed by atoms with Gasteiger partial charge in [0.2, 0.25) is 0 Å². The van der Waals surface area contributed by atoms with E-state index in [2.05, 4.69) is 134 Å². The molecule has 6 aromatic carbocycles. The van der Waals surface area contributed by atoms with Crippen LogP contribution in [0.4, 0.5) is 0 Å². The average molecular weight is 731 g/mol. The quantitative estimate of drug-likeness (QED) is 0.0708. The predicted molar refractivity (Wildman–Crippen MR) is 220 cm³/mol. The molecule has 6 aromatic rings. The zero-order chi connectivity index (χ0) is 35.1. The Hall–Kier alpha value is -4.42. The second-order valence-corrected chi connectivity index (χ2v) is 17.1. The van der Waals surface area contributed by atoms with E-state index in [0.29, 0.717) is 6.61 Å². The van der Waals surface area contributed by atoms with E-state index in [1.54, 1.807) is 0 Å². The standard InChI is InChI=1S/C47H38O2S3/c1-2-46(48)49-27-47(28-50-43-21-9-18-37-34-15-6-3-12-31(34)24-40(37)43,29-51-44-22-10-19-38-35-16-7-4-13-32(35)25-41(38)44)30-52-45-23-11-20-39-36-17-8-5-14-33(36)26-42(39)45/h2-23H,1,24-30H2. The van der Waals surface area contributed by atoms with Crippen molar-refractivity contribution in [2.24, 2.45) is 5.41 Å². The second kappa shape index (κ2) is 14.2. The van der Waals surface area contributed by atoms with Gasteiger partial charge in [-0.3, -0.25) is 0 Å². The van der Waals surface area contributed by atoms with Gasteiger partial charge in [-0.1, -0.05) is 116 Å². The number of thioether (sulfide) groups is 3. The van der Waals surface area contributed by atoms with E-state index >= 15 is 0 Å².